The zero-order valence-corrected chi connectivity index (χ0v) is 15.9. The lowest BCUT2D eigenvalue weighted by Gasteiger charge is -2.18. The highest BCUT2D eigenvalue weighted by atomic mass is 19.3. The third-order valence-electron chi connectivity index (χ3n) is 6.36. The summed E-state index contributed by atoms with van der Waals surface area (Å²) in [6, 6.07) is 2.02. The first kappa shape index (κ1) is 17.8. The summed E-state index contributed by atoms with van der Waals surface area (Å²) in [7, 11) is 0. The Bertz CT molecular complexity index is 869. The zero-order valence-electron chi connectivity index (χ0n) is 15.9. The van der Waals surface area contributed by atoms with Crippen molar-refractivity contribution in [3.8, 4) is 17.0 Å². The van der Waals surface area contributed by atoms with Gasteiger partial charge < -0.3 is 19.9 Å². The molecule has 3 heterocycles. The maximum absolute atomic E-state index is 12.6. The molecule has 2 aliphatic carbocycles. The van der Waals surface area contributed by atoms with Crippen molar-refractivity contribution in [1.29, 1.82) is 0 Å². The highest BCUT2D eigenvalue weighted by Gasteiger charge is 2.57. The molecule has 150 valence electrons. The van der Waals surface area contributed by atoms with Gasteiger partial charge in [-0.05, 0) is 43.2 Å². The first-order valence-electron chi connectivity index (χ1n) is 10.0. The van der Waals surface area contributed by atoms with Crippen molar-refractivity contribution >= 4 is 5.82 Å². The largest absolute Gasteiger partial charge is 0.431 e. The number of halogens is 2. The molecule has 3 atom stereocenters. The molecule has 6 nitrogen and oxygen atoms in total. The molecule has 8 heteroatoms. The lowest BCUT2D eigenvalue weighted by molar-refractivity contribution is -0.0494. The lowest BCUT2D eigenvalue weighted by Crippen LogP contribution is -2.25. The smallest absolute Gasteiger partial charge is 0.387 e. The Labute approximate surface area is 162 Å². The van der Waals surface area contributed by atoms with Crippen molar-refractivity contribution in [2.24, 2.45) is 17.8 Å². The molecule has 1 saturated heterocycles. The van der Waals surface area contributed by atoms with Crippen LogP contribution in [0.25, 0.3) is 11.3 Å². The van der Waals surface area contributed by atoms with E-state index in [1.807, 2.05) is 0 Å². The van der Waals surface area contributed by atoms with Gasteiger partial charge in [0.2, 0.25) is 0 Å². The summed E-state index contributed by atoms with van der Waals surface area (Å²) in [6.45, 7) is 2.68. The number of pyridine rings is 1. The molecule has 0 amide bonds. The van der Waals surface area contributed by atoms with E-state index in [1.165, 1.54) is 18.9 Å². The minimum Gasteiger partial charge on any atom is -0.431 e. The van der Waals surface area contributed by atoms with E-state index in [0.29, 0.717) is 23.4 Å². The Morgan fingerprint density at radius 2 is 2.04 bits per heavy atom. The molecule has 2 aromatic heterocycles. The average molecular weight is 389 g/mol. The van der Waals surface area contributed by atoms with Crippen molar-refractivity contribution < 1.29 is 13.5 Å². The summed E-state index contributed by atoms with van der Waals surface area (Å²) in [5.74, 6) is 3.07. The van der Waals surface area contributed by atoms with E-state index in [1.54, 1.807) is 6.20 Å². The Kier molecular flexibility index (Phi) is 4.26. The molecular formula is C20H25F2N5O. The van der Waals surface area contributed by atoms with Crippen molar-refractivity contribution in [1.82, 2.24) is 19.4 Å². The third-order valence-corrected chi connectivity index (χ3v) is 6.36. The summed E-state index contributed by atoms with van der Waals surface area (Å²) in [6.07, 6.45) is 7.15. The Morgan fingerprint density at radius 3 is 2.68 bits per heavy atom. The van der Waals surface area contributed by atoms with Crippen molar-refractivity contribution in [3.63, 3.8) is 0 Å². The van der Waals surface area contributed by atoms with Crippen molar-refractivity contribution in [2.75, 3.05) is 25.4 Å². The number of nitrogens with zero attached hydrogens (tertiary/aromatic N) is 4. The van der Waals surface area contributed by atoms with Crippen LogP contribution >= 0.6 is 0 Å². The quantitative estimate of drug-likeness (QED) is 0.788. The first-order chi connectivity index (χ1) is 13.5. The van der Waals surface area contributed by atoms with Gasteiger partial charge in [-0.15, -0.1) is 0 Å². The number of nitrogens with two attached hydrogens (primary N) is 1. The van der Waals surface area contributed by atoms with Crippen LogP contribution in [0.3, 0.4) is 0 Å². The van der Waals surface area contributed by atoms with Gasteiger partial charge in [0.1, 0.15) is 5.82 Å². The third kappa shape index (κ3) is 3.23. The van der Waals surface area contributed by atoms with E-state index in [9.17, 15) is 8.78 Å². The monoisotopic (exact) mass is 389 g/mol. The van der Waals surface area contributed by atoms with E-state index in [2.05, 4.69) is 32.3 Å². The summed E-state index contributed by atoms with van der Waals surface area (Å²) < 4.78 is 32.1. The average Bonchev–Trinajstić information content (AvgIpc) is 3.51. The fraction of sp³-hybridized carbons (Fsp3) is 0.600. The summed E-state index contributed by atoms with van der Waals surface area (Å²) in [5, 5.41) is 0. The Hall–Kier alpha value is -2.22. The number of hydrogen-bond donors (Lipinski definition) is 1. The normalized spacial score (nSPS) is 26.6. The van der Waals surface area contributed by atoms with Gasteiger partial charge in [-0.1, -0.05) is 6.92 Å². The predicted molar refractivity (Wildman–Crippen MR) is 101 cm³/mol. The van der Waals surface area contributed by atoms with E-state index < -0.39 is 6.61 Å². The number of fused-ring (bicyclic) bond motifs is 1. The number of ether oxygens (including phenoxy) is 1. The molecule has 2 N–H and O–H groups in total. The van der Waals surface area contributed by atoms with E-state index in [0.717, 1.165) is 43.5 Å². The van der Waals surface area contributed by atoms with Crippen LogP contribution in [0, 0.1) is 17.8 Å². The van der Waals surface area contributed by atoms with Gasteiger partial charge >= 0.3 is 6.61 Å². The molecule has 2 aromatic rings. The summed E-state index contributed by atoms with van der Waals surface area (Å²) in [4.78, 5) is 11.4. The van der Waals surface area contributed by atoms with E-state index in [4.69, 9.17) is 10.7 Å². The van der Waals surface area contributed by atoms with Crippen LogP contribution in [0.15, 0.2) is 18.5 Å². The number of aromatic nitrogens is 3. The Morgan fingerprint density at radius 1 is 1.29 bits per heavy atom. The number of likely N-dealkylation sites (tertiary alicyclic amines) is 1. The molecule has 0 radical (unpaired) electrons. The number of nitrogen functional groups attached to an aromatic ring is 1. The van der Waals surface area contributed by atoms with Gasteiger partial charge in [0.25, 0.3) is 0 Å². The number of hydrogen-bond acceptors (Lipinski definition) is 5. The molecule has 3 fully saturated rings. The van der Waals surface area contributed by atoms with Crippen LogP contribution in [-0.4, -0.2) is 45.7 Å². The van der Waals surface area contributed by atoms with E-state index >= 15 is 0 Å². The van der Waals surface area contributed by atoms with Crippen LogP contribution in [0.1, 0.15) is 31.6 Å². The minimum absolute atomic E-state index is 0.0435. The number of piperidine rings is 1. The van der Waals surface area contributed by atoms with Gasteiger partial charge in [-0.2, -0.15) is 8.78 Å². The fourth-order valence-corrected chi connectivity index (χ4v) is 4.60. The number of rotatable bonds is 7. The van der Waals surface area contributed by atoms with Gasteiger partial charge in [0, 0.05) is 43.5 Å². The second-order valence-electron chi connectivity index (χ2n) is 8.25. The van der Waals surface area contributed by atoms with Gasteiger partial charge in [-0.25, -0.2) is 9.97 Å². The second kappa shape index (κ2) is 6.69. The molecule has 28 heavy (non-hydrogen) atoms. The standard InChI is InChI=1S/C20H25F2N5O/c1-2-26-8-13-14(9-26)18(13)27-10-15(25-17(27)5-11-3-4-11)12-6-16(28-20(21)22)19(23)24-7-12/h6-7,10-11,13-14,18,20H,2-5,8-9H2,1H3,(H2,23,24)/t13-,14+,18+. The molecule has 0 spiro atoms. The van der Waals surface area contributed by atoms with Crippen LogP contribution in [0.4, 0.5) is 14.6 Å². The molecule has 1 aliphatic heterocycles. The topological polar surface area (TPSA) is 69.2 Å². The maximum Gasteiger partial charge on any atom is 0.387 e. The molecular weight excluding hydrogens is 364 g/mol. The molecule has 0 unspecified atom stereocenters. The number of imidazole rings is 1. The molecule has 0 aromatic carbocycles. The van der Waals surface area contributed by atoms with Gasteiger partial charge in [-0.3, -0.25) is 0 Å². The van der Waals surface area contributed by atoms with Crippen molar-refractivity contribution in [2.45, 2.75) is 38.8 Å². The summed E-state index contributed by atoms with van der Waals surface area (Å²) in [5.41, 5.74) is 7.08. The predicted octanol–water partition coefficient (Wildman–Crippen LogP) is 3.20. The van der Waals surface area contributed by atoms with E-state index in [-0.39, 0.29) is 11.6 Å². The lowest BCUT2D eigenvalue weighted by atomic mass is 10.2. The van der Waals surface area contributed by atoms with Crippen LogP contribution in [-0.2, 0) is 6.42 Å². The van der Waals surface area contributed by atoms with Crippen LogP contribution < -0.4 is 10.5 Å². The maximum atomic E-state index is 12.6. The molecule has 3 aliphatic rings. The molecule has 0 bridgehead atoms. The van der Waals surface area contributed by atoms with Crippen LogP contribution in [0.5, 0.6) is 5.75 Å². The van der Waals surface area contributed by atoms with Crippen molar-refractivity contribution in [3.05, 3.63) is 24.3 Å². The highest BCUT2D eigenvalue weighted by molar-refractivity contribution is 5.63. The minimum atomic E-state index is -2.94. The highest BCUT2D eigenvalue weighted by Crippen LogP contribution is 2.56. The SMILES string of the molecule is CCN1C[C@@H]2[C@H](C1)[C@H]2n1cc(-c2cnc(N)c(OC(F)F)c2)nc1CC1CC1. The number of anilines is 1. The Balaban J connectivity index is 1.44. The number of alkyl halides is 2. The fourth-order valence-electron chi connectivity index (χ4n) is 4.60. The van der Waals surface area contributed by atoms with Gasteiger partial charge in [0.15, 0.2) is 11.6 Å². The second-order valence-corrected chi connectivity index (χ2v) is 8.25. The molecule has 2 saturated carbocycles. The summed E-state index contributed by atoms with van der Waals surface area (Å²) >= 11 is 0. The van der Waals surface area contributed by atoms with Gasteiger partial charge in [0.05, 0.1) is 5.69 Å². The zero-order chi connectivity index (χ0) is 19.4. The first-order valence-corrected chi connectivity index (χ1v) is 10.0. The molecule has 5 rings (SSSR count). The van der Waals surface area contributed by atoms with Crippen LogP contribution in [0.2, 0.25) is 0 Å².